The number of carboxylic acid groups (broad SMARTS) is 1. The molecule has 0 N–H and O–H groups in total. The molecule has 16 heavy (non-hydrogen) atoms. The molecule has 2 heterocycles. The van der Waals surface area contributed by atoms with E-state index < -0.39 is 5.97 Å². The van der Waals surface area contributed by atoms with Gasteiger partial charge in [0.05, 0.1) is 0 Å². The summed E-state index contributed by atoms with van der Waals surface area (Å²) in [5, 5.41) is 10.7. The van der Waals surface area contributed by atoms with Crippen molar-refractivity contribution < 1.29 is 9.90 Å². The van der Waals surface area contributed by atoms with Crippen LogP contribution in [0.25, 0.3) is 0 Å². The van der Waals surface area contributed by atoms with Gasteiger partial charge in [-0.25, -0.2) is 0 Å². The summed E-state index contributed by atoms with van der Waals surface area (Å²) < 4.78 is 0. The highest BCUT2D eigenvalue weighted by Gasteiger charge is 2.19. The minimum absolute atomic E-state index is 0. The SMILES string of the molecule is Cl.O=C([O-])C1CCN(c2ccncc2)CC1. The van der Waals surface area contributed by atoms with E-state index in [0.29, 0.717) is 12.8 Å². The van der Waals surface area contributed by atoms with E-state index >= 15 is 0 Å². The quantitative estimate of drug-likeness (QED) is 0.755. The molecule has 0 bridgehead atoms. The van der Waals surface area contributed by atoms with Crippen LogP contribution < -0.4 is 10.0 Å². The van der Waals surface area contributed by atoms with Gasteiger partial charge in [-0.3, -0.25) is 4.98 Å². The van der Waals surface area contributed by atoms with Gasteiger partial charge in [-0.2, -0.15) is 0 Å². The first-order valence-corrected chi connectivity index (χ1v) is 5.13. The van der Waals surface area contributed by atoms with Gasteiger partial charge in [-0.1, -0.05) is 0 Å². The number of hydrogen-bond donors (Lipinski definition) is 0. The van der Waals surface area contributed by atoms with Gasteiger partial charge >= 0.3 is 0 Å². The van der Waals surface area contributed by atoms with Gasteiger partial charge in [-0.15, -0.1) is 12.4 Å². The van der Waals surface area contributed by atoms with Crippen LogP contribution in [0.2, 0.25) is 0 Å². The van der Waals surface area contributed by atoms with Crippen LogP contribution in [0.15, 0.2) is 24.5 Å². The Morgan fingerprint density at radius 3 is 2.38 bits per heavy atom. The van der Waals surface area contributed by atoms with Crippen molar-refractivity contribution in [3.05, 3.63) is 24.5 Å². The zero-order chi connectivity index (χ0) is 10.7. The van der Waals surface area contributed by atoms with Crippen molar-refractivity contribution in [1.29, 1.82) is 0 Å². The number of anilines is 1. The molecule has 0 saturated carbocycles. The number of aliphatic carboxylic acids is 1. The number of pyridine rings is 1. The largest absolute Gasteiger partial charge is 0.550 e. The smallest absolute Gasteiger partial charge is 0.0446 e. The van der Waals surface area contributed by atoms with Crippen molar-refractivity contribution in [3.63, 3.8) is 0 Å². The summed E-state index contributed by atoms with van der Waals surface area (Å²) >= 11 is 0. The predicted molar refractivity (Wildman–Crippen MR) is 61.4 cm³/mol. The number of carbonyl (C=O) groups is 1. The maximum absolute atomic E-state index is 10.7. The molecule has 1 saturated heterocycles. The first-order chi connectivity index (χ1) is 7.27. The fourth-order valence-corrected chi connectivity index (χ4v) is 1.93. The molecule has 5 heteroatoms. The van der Waals surface area contributed by atoms with Gasteiger partial charge in [0.1, 0.15) is 0 Å². The molecule has 1 fully saturated rings. The third-order valence-electron chi connectivity index (χ3n) is 2.86. The molecule has 0 atom stereocenters. The highest BCUT2D eigenvalue weighted by molar-refractivity contribution is 5.85. The van der Waals surface area contributed by atoms with Crippen molar-refractivity contribution >= 4 is 24.1 Å². The Kier molecular flexibility index (Phi) is 4.55. The van der Waals surface area contributed by atoms with Gasteiger partial charge in [0.2, 0.25) is 0 Å². The van der Waals surface area contributed by atoms with E-state index in [2.05, 4.69) is 9.88 Å². The second-order valence-corrected chi connectivity index (χ2v) is 3.79. The second-order valence-electron chi connectivity index (χ2n) is 3.79. The average molecular weight is 242 g/mol. The Bertz CT molecular complexity index is 337. The van der Waals surface area contributed by atoms with Gasteiger partial charge in [0, 0.05) is 43.1 Å². The lowest BCUT2D eigenvalue weighted by Crippen LogP contribution is -2.41. The first-order valence-electron chi connectivity index (χ1n) is 5.13. The monoisotopic (exact) mass is 241 g/mol. The van der Waals surface area contributed by atoms with Crippen LogP contribution in [-0.2, 0) is 4.79 Å². The summed E-state index contributed by atoms with van der Waals surface area (Å²) in [6.07, 6.45) is 4.84. The Balaban J connectivity index is 0.00000128. The van der Waals surface area contributed by atoms with Crippen molar-refractivity contribution in [2.75, 3.05) is 18.0 Å². The molecule has 2 rings (SSSR count). The number of halogens is 1. The number of piperidine rings is 1. The van der Waals surface area contributed by atoms with E-state index in [1.165, 1.54) is 0 Å². The Morgan fingerprint density at radius 1 is 1.31 bits per heavy atom. The normalized spacial score (nSPS) is 16.6. The van der Waals surface area contributed by atoms with Crippen LogP contribution in [0.3, 0.4) is 0 Å². The van der Waals surface area contributed by atoms with Crippen LogP contribution in [0.5, 0.6) is 0 Å². The van der Waals surface area contributed by atoms with E-state index in [-0.39, 0.29) is 18.3 Å². The Hall–Kier alpha value is -1.29. The van der Waals surface area contributed by atoms with E-state index in [0.717, 1.165) is 18.8 Å². The Morgan fingerprint density at radius 2 is 1.88 bits per heavy atom. The fraction of sp³-hybridized carbons (Fsp3) is 0.455. The van der Waals surface area contributed by atoms with E-state index in [9.17, 15) is 9.90 Å². The third-order valence-corrected chi connectivity index (χ3v) is 2.86. The number of hydrogen-bond acceptors (Lipinski definition) is 4. The zero-order valence-corrected chi connectivity index (χ0v) is 9.65. The molecule has 0 aliphatic carbocycles. The molecule has 1 aromatic heterocycles. The van der Waals surface area contributed by atoms with Crippen LogP contribution in [0.4, 0.5) is 5.69 Å². The van der Waals surface area contributed by atoms with Crippen molar-refractivity contribution in [2.45, 2.75) is 12.8 Å². The van der Waals surface area contributed by atoms with Gasteiger partial charge in [-0.05, 0) is 25.0 Å². The van der Waals surface area contributed by atoms with E-state index in [1.54, 1.807) is 12.4 Å². The molecule has 0 amide bonds. The molecular weight excluding hydrogens is 228 g/mol. The minimum atomic E-state index is -0.913. The van der Waals surface area contributed by atoms with Crippen molar-refractivity contribution in [1.82, 2.24) is 4.98 Å². The maximum Gasteiger partial charge on any atom is 0.0446 e. The topological polar surface area (TPSA) is 56.3 Å². The Labute approximate surface area is 101 Å². The van der Waals surface area contributed by atoms with E-state index in [4.69, 9.17) is 0 Å². The summed E-state index contributed by atoms with van der Waals surface area (Å²) in [4.78, 5) is 16.8. The third kappa shape index (κ3) is 2.85. The van der Waals surface area contributed by atoms with Crippen LogP contribution in [0.1, 0.15) is 12.8 Å². The molecule has 0 radical (unpaired) electrons. The molecule has 1 aromatic rings. The van der Waals surface area contributed by atoms with Crippen molar-refractivity contribution in [2.24, 2.45) is 5.92 Å². The minimum Gasteiger partial charge on any atom is -0.550 e. The van der Waals surface area contributed by atoms with Crippen molar-refractivity contribution in [3.8, 4) is 0 Å². The van der Waals surface area contributed by atoms with Gasteiger partial charge in [0.15, 0.2) is 0 Å². The molecule has 1 aliphatic heterocycles. The summed E-state index contributed by atoms with van der Waals surface area (Å²) in [6.45, 7) is 1.56. The average Bonchev–Trinajstić information content (AvgIpc) is 2.30. The lowest BCUT2D eigenvalue weighted by molar-refractivity contribution is -0.312. The molecule has 1 aliphatic rings. The zero-order valence-electron chi connectivity index (χ0n) is 8.83. The summed E-state index contributed by atoms with van der Waals surface area (Å²) in [7, 11) is 0. The highest BCUT2D eigenvalue weighted by atomic mass is 35.5. The molecule has 0 unspecified atom stereocenters. The van der Waals surface area contributed by atoms with E-state index in [1.807, 2.05) is 12.1 Å². The number of rotatable bonds is 2. The predicted octanol–water partition coefficient (Wildman–Crippen LogP) is 0.470. The number of aromatic nitrogens is 1. The molecule has 88 valence electrons. The summed E-state index contributed by atoms with van der Waals surface area (Å²) in [5.41, 5.74) is 1.11. The van der Waals surface area contributed by atoms with Crippen LogP contribution in [0, 0.1) is 5.92 Å². The standard InChI is InChI=1S/C11H14N2O2.ClH/c14-11(15)9-3-7-13(8-4-9)10-1-5-12-6-2-10;/h1-2,5-6,9H,3-4,7-8H2,(H,14,15);1H/p-1. The molecule has 0 aromatic carbocycles. The highest BCUT2D eigenvalue weighted by Crippen LogP contribution is 2.21. The number of nitrogens with zero attached hydrogens (tertiary/aromatic N) is 2. The molecule has 0 spiro atoms. The number of carboxylic acids is 1. The summed E-state index contributed by atoms with van der Waals surface area (Å²) in [5.74, 6) is -1.19. The maximum atomic E-state index is 10.7. The van der Waals surface area contributed by atoms with Gasteiger partial charge < -0.3 is 14.8 Å². The molecular formula is C11H14ClN2O2-. The van der Waals surface area contributed by atoms with Crippen LogP contribution >= 0.6 is 12.4 Å². The van der Waals surface area contributed by atoms with Gasteiger partial charge in [0.25, 0.3) is 0 Å². The van der Waals surface area contributed by atoms with Crippen LogP contribution in [-0.4, -0.2) is 24.0 Å². The fourth-order valence-electron chi connectivity index (χ4n) is 1.93. The lowest BCUT2D eigenvalue weighted by Gasteiger charge is -2.33. The molecule has 4 nitrogen and oxygen atoms in total. The first kappa shape index (κ1) is 12.8. The summed E-state index contributed by atoms with van der Waals surface area (Å²) in [6, 6.07) is 3.89. The lowest BCUT2D eigenvalue weighted by atomic mass is 9.97. The second kappa shape index (κ2) is 5.70. The number of carbonyl (C=O) groups excluding carboxylic acids is 1.